The number of hydrogen-bond donors (Lipinski definition) is 0. The van der Waals surface area contributed by atoms with Gasteiger partial charge in [0.1, 0.15) is 6.61 Å². The zero-order valence-corrected chi connectivity index (χ0v) is 23.8. The molecule has 0 spiro atoms. The molecule has 1 aliphatic rings. The van der Waals surface area contributed by atoms with Gasteiger partial charge in [0.2, 0.25) is 0 Å². The summed E-state index contributed by atoms with van der Waals surface area (Å²) in [5, 5.41) is 0.646. The minimum Gasteiger partial charge on any atom is -0.493 e. The third kappa shape index (κ3) is 5.33. The van der Waals surface area contributed by atoms with E-state index in [0.29, 0.717) is 49.1 Å². The Bertz CT molecular complexity index is 1760. The SMILES string of the molecule is CCC1=C(C(=O)OC)[C@H](c2ccccc2)n2c(s/c(=C/c3cccc(OC)c3OCc3ccc(Cl)cc3)c2=O)=N1. The highest BCUT2D eigenvalue weighted by Gasteiger charge is 2.33. The van der Waals surface area contributed by atoms with Crippen LogP contribution in [0.4, 0.5) is 0 Å². The number of nitrogens with zero attached hydrogens (tertiary/aromatic N) is 2. The van der Waals surface area contributed by atoms with Crippen LogP contribution in [0.2, 0.25) is 5.02 Å². The first kappa shape index (κ1) is 27.4. The molecule has 0 N–H and O–H groups in total. The lowest BCUT2D eigenvalue weighted by molar-refractivity contribution is -0.136. The van der Waals surface area contributed by atoms with E-state index in [4.69, 9.17) is 30.8 Å². The van der Waals surface area contributed by atoms with Crippen LogP contribution in [0.15, 0.2) is 93.9 Å². The van der Waals surface area contributed by atoms with Gasteiger partial charge >= 0.3 is 5.97 Å². The summed E-state index contributed by atoms with van der Waals surface area (Å²) in [5.41, 5.74) is 3.11. The number of methoxy groups -OCH3 is 2. The van der Waals surface area contributed by atoms with Crippen molar-refractivity contribution >= 4 is 35.0 Å². The number of hydrogen-bond acceptors (Lipinski definition) is 7. The summed E-state index contributed by atoms with van der Waals surface area (Å²) >= 11 is 7.28. The predicted molar refractivity (Wildman–Crippen MR) is 156 cm³/mol. The normalized spacial score (nSPS) is 14.9. The van der Waals surface area contributed by atoms with E-state index in [-0.39, 0.29) is 12.2 Å². The molecule has 0 fully saturated rings. The van der Waals surface area contributed by atoms with Gasteiger partial charge in [0, 0.05) is 10.6 Å². The highest BCUT2D eigenvalue weighted by Crippen LogP contribution is 2.33. The smallest absolute Gasteiger partial charge is 0.338 e. The van der Waals surface area contributed by atoms with Gasteiger partial charge in [-0.3, -0.25) is 9.36 Å². The summed E-state index contributed by atoms with van der Waals surface area (Å²) in [6.07, 6.45) is 2.29. The number of benzene rings is 3. The fourth-order valence-corrected chi connectivity index (χ4v) is 5.79. The molecule has 0 aliphatic carbocycles. The first-order chi connectivity index (χ1) is 19.4. The Hall–Kier alpha value is -4.14. The molecule has 3 aromatic carbocycles. The van der Waals surface area contributed by atoms with Gasteiger partial charge in [0.25, 0.3) is 5.56 Å². The number of carbonyl (C=O) groups excluding carboxylic acids is 1. The molecule has 0 saturated carbocycles. The molecule has 1 atom stereocenters. The molecule has 0 saturated heterocycles. The van der Waals surface area contributed by atoms with Crippen molar-refractivity contribution in [2.24, 2.45) is 4.99 Å². The van der Waals surface area contributed by atoms with E-state index in [1.807, 2.05) is 67.6 Å². The lowest BCUT2D eigenvalue weighted by Gasteiger charge is -2.25. The third-order valence-electron chi connectivity index (χ3n) is 6.58. The maximum Gasteiger partial charge on any atom is 0.338 e. The zero-order chi connectivity index (χ0) is 28.2. The lowest BCUT2D eigenvalue weighted by atomic mass is 9.95. The number of thiazole rings is 1. The van der Waals surface area contributed by atoms with Crippen LogP contribution in [0, 0.1) is 0 Å². The number of carbonyl (C=O) groups is 1. The molecular weight excluding hydrogens is 548 g/mol. The summed E-state index contributed by atoms with van der Waals surface area (Å²) in [5.74, 6) is 0.545. The van der Waals surface area contributed by atoms with E-state index in [0.717, 1.165) is 11.1 Å². The number of fused-ring (bicyclic) bond motifs is 1. The number of ether oxygens (including phenoxy) is 3. The van der Waals surface area contributed by atoms with Crippen LogP contribution in [0.1, 0.15) is 36.1 Å². The van der Waals surface area contributed by atoms with Gasteiger partial charge in [-0.1, -0.05) is 84.5 Å². The average Bonchev–Trinajstić information content (AvgIpc) is 3.30. The Morgan fingerprint density at radius 1 is 1.05 bits per heavy atom. The molecule has 1 aromatic heterocycles. The number of aromatic nitrogens is 1. The van der Waals surface area contributed by atoms with Gasteiger partial charge in [-0.2, -0.15) is 0 Å². The maximum atomic E-state index is 14.0. The molecule has 1 aliphatic heterocycles. The third-order valence-corrected chi connectivity index (χ3v) is 7.81. The highest BCUT2D eigenvalue weighted by atomic mass is 35.5. The molecule has 0 amide bonds. The Labute approximate surface area is 240 Å². The highest BCUT2D eigenvalue weighted by molar-refractivity contribution is 7.07. The molecule has 204 valence electrons. The summed E-state index contributed by atoms with van der Waals surface area (Å²) < 4.78 is 18.9. The maximum absolute atomic E-state index is 14.0. The monoisotopic (exact) mass is 574 g/mol. The molecule has 40 heavy (non-hydrogen) atoms. The Kier molecular flexibility index (Phi) is 8.19. The van der Waals surface area contributed by atoms with Crippen LogP contribution in [-0.4, -0.2) is 24.8 Å². The van der Waals surface area contributed by atoms with Crippen molar-refractivity contribution in [3.8, 4) is 11.5 Å². The van der Waals surface area contributed by atoms with Crippen molar-refractivity contribution in [2.45, 2.75) is 26.0 Å². The molecule has 9 heteroatoms. The summed E-state index contributed by atoms with van der Waals surface area (Å²) in [6, 6.07) is 21.7. The fourth-order valence-electron chi connectivity index (χ4n) is 4.65. The molecule has 0 bridgehead atoms. The minimum absolute atomic E-state index is 0.263. The molecule has 4 aromatic rings. The van der Waals surface area contributed by atoms with Crippen molar-refractivity contribution in [2.75, 3.05) is 14.2 Å². The van der Waals surface area contributed by atoms with Gasteiger partial charge in [0.15, 0.2) is 16.3 Å². The van der Waals surface area contributed by atoms with Gasteiger partial charge in [-0.25, -0.2) is 9.79 Å². The summed E-state index contributed by atoms with van der Waals surface area (Å²) in [6.45, 7) is 2.22. The van der Waals surface area contributed by atoms with Crippen molar-refractivity contribution in [1.82, 2.24) is 4.57 Å². The zero-order valence-electron chi connectivity index (χ0n) is 22.2. The summed E-state index contributed by atoms with van der Waals surface area (Å²) in [7, 11) is 2.91. The molecular formula is C31H27ClN2O5S. The Morgan fingerprint density at radius 3 is 2.48 bits per heavy atom. The van der Waals surface area contributed by atoms with Crippen LogP contribution in [0.3, 0.4) is 0 Å². The molecule has 7 nitrogen and oxygen atoms in total. The number of esters is 1. The largest absolute Gasteiger partial charge is 0.493 e. The van der Waals surface area contributed by atoms with E-state index in [2.05, 4.69) is 0 Å². The van der Waals surface area contributed by atoms with Gasteiger partial charge in [-0.05, 0) is 41.8 Å². The van der Waals surface area contributed by atoms with E-state index >= 15 is 0 Å². The van der Waals surface area contributed by atoms with E-state index < -0.39 is 12.0 Å². The Balaban J connectivity index is 1.65. The standard InChI is InChI=1S/C31H27ClN2O5S/c1-4-23-26(30(36)38-3)27(20-9-6-5-7-10-20)34-29(35)25(40-31(34)33-23)17-21-11-8-12-24(37-2)28(21)39-18-19-13-15-22(32)16-14-19/h5-17,27H,4,18H2,1-3H3/b25-17+/t27-/m0/s1. The second-order valence-electron chi connectivity index (χ2n) is 8.99. The van der Waals surface area contributed by atoms with Crippen LogP contribution in [0.5, 0.6) is 11.5 Å². The average molecular weight is 575 g/mol. The van der Waals surface area contributed by atoms with Crippen LogP contribution < -0.4 is 24.4 Å². The van der Waals surface area contributed by atoms with Gasteiger partial charge < -0.3 is 14.2 Å². The molecule has 0 unspecified atom stereocenters. The van der Waals surface area contributed by atoms with Crippen LogP contribution in [-0.2, 0) is 16.1 Å². The molecule has 5 rings (SSSR count). The lowest BCUT2D eigenvalue weighted by Crippen LogP contribution is -2.40. The fraction of sp³-hybridized carbons (Fsp3) is 0.194. The topological polar surface area (TPSA) is 79.1 Å². The van der Waals surface area contributed by atoms with Crippen molar-refractivity contribution < 1.29 is 19.0 Å². The van der Waals surface area contributed by atoms with Crippen molar-refractivity contribution in [3.63, 3.8) is 0 Å². The second-order valence-corrected chi connectivity index (χ2v) is 10.4. The number of para-hydroxylation sites is 1. The van der Waals surface area contributed by atoms with E-state index in [1.165, 1.54) is 18.4 Å². The molecule has 2 heterocycles. The first-order valence-corrected chi connectivity index (χ1v) is 13.9. The number of allylic oxidation sites excluding steroid dienone is 1. The number of rotatable bonds is 8. The second kappa shape index (κ2) is 11.9. The van der Waals surface area contributed by atoms with Gasteiger partial charge in [0.05, 0.1) is 36.1 Å². The van der Waals surface area contributed by atoms with Crippen LogP contribution in [0.25, 0.3) is 6.08 Å². The Morgan fingerprint density at radius 2 is 1.80 bits per heavy atom. The minimum atomic E-state index is -0.659. The van der Waals surface area contributed by atoms with Gasteiger partial charge in [-0.15, -0.1) is 0 Å². The van der Waals surface area contributed by atoms with Crippen molar-refractivity contribution in [3.05, 3.63) is 125 Å². The van der Waals surface area contributed by atoms with Crippen LogP contribution >= 0.6 is 22.9 Å². The van der Waals surface area contributed by atoms with E-state index in [9.17, 15) is 9.59 Å². The van der Waals surface area contributed by atoms with E-state index in [1.54, 1.807) is 29.9 Å². The quantitative estimate of drug-likeness (QED) is 0.276. The first-order valence-electron chi connectivity index (χ1n) is 12.7. The predicted octanol–water partition coefficient (Wildman–Crippen LogP) is 5.04. The molecule has 0 radical (unpaired) electrons. The summed E-state index contributed by atoms with van der Waals surface area (Å²) in [4.78, 5) is 32.2. The van der Waals surface area contributed by atoms with Crippen molar-refractivity contribution in [1.29, 1.82) is 0 Å². The number of halogens is 1.